The number of carboxylic acids is 1. The van der Waals surface area contributed by atoms with E-state index in [0.29, 0.717) is 26.0 Å². The van der Waals surface area contributed by atoms with E-state index in [1.165, 1.54) is 13.1 Å². The van der Waals surface area contributed by atoms with Crippen LogP contribution in [0.4, 0.5) is 0 Å². The average Bonchev–Trinajstić information content (AvgIpc) is 2.58. The van der Waals surface area contributed by atoms with Crippen molar-refractivity contribution in [3.63, 3.8) is 0 Å². The Morgan fingerprint density at radius 1 is 1.18 bits per heavy atom. The lowest BCUT2D eigenvalue weighted by Gasteiger charge is -2.21. The van der Waals surface area contributed by atoms with Crippen LogP contribution in [0.3, 0.4) is 0 Å². The van der Waals surface area contributed by atoms with Crippen LogP contribution in [0, 0.1) is 0 Å². The molecular weight excluding hydrogens is 494 g/mol. The van der Waals surface area contributed by atoms with Crippen molar-refractivity contribution >= 4 is 44.0 Å². The molecule has 6 nitrogen and oxygen atoms in total. The zero-order valence-electron chi connectivity index (χ0n) is 15.9. The molecule has 0 aromatic heterocycles. The Morgan fingerprint density at radius 2 is 1.79 bits per heavy atom. The van der Waals surface area contributed by atoms with Gasteiger partial charge in [-0.05, 0) is 80.1 Å². The number of phenolic OH excluding ortho intramolecular Hbond substituents is 1. The van der Waals surface area contributed by atoms with Crippen LogP contribution in [-0.4, -0.2) is 28.5 Å². The molecular formula is C20H21Br2NO5. The third kappa shape index (κ3) is 5.72. The average molecular weight is 515 g/mol. The van der Waals surface area contributed by atoms with Crippen molar-refractivity contribution in [1.29, 1.82) is 0 Å². The van der Waals surface area contributed by atoms with Gasteiger partial charge in [-0.15, -0.1) is 0 Å². The molecule has 0 spiro atoms. The summed E-state index contributed by atoms with van der Waals surface area (Å²) in [7, 11) is 0. The highest BCUT2D eigenvalue weighted by atomic mass is 79.9. The molecule has 0 bridgehead atoms. The SMILES string of the molecule is CC(O/N=C/c1cc(Br)c(Oc2ccc(O)c(C(C)(C)C)c2)c(Br)c1)C(=O)O. The van der Waals surface area contributed by atoms with E-state index in [1.807, 2.05) is 26.8 Å². The Kier molecular flexibility index (Phi) is 7.11. The summed E-state index contributed by atoms with van der Waals surface area (Å²) in [6, 6.07) is 8.65. The van der Waals surface area contributed by atoms with E-state index in [-0.39, 0.29) is 11.2 Å². The summed E-state index contributed by atoms with van der Waals surface area (Å²) in [4.78, 5) is 15.6. The predicted octanol–water partition coefficient (Wildman–Crippen LogP) is 5.83. The second-order valence-corrected chi connectivity index (χ2v) is 8.87. The van der Waals surface area contributed by atoms with Gasteiger partial charge in [-0.1, -0.05) is 25.9 Å². The number of carbonyl (C=O) groups is 1. The summed E-state index contributed by atoms with van der Waals surface area (Å²) >= 11 is 6.94. The number of aliphatic carboxylic acids is 1. The number of halogens is 2. The van der Waals surface area contributed by atoms with Gasteiger partial charge in [-0.2, -0.15) is 0 Å². The molecule has 0 amide bonds. The summed E-state index contributed by atoms with van der Waals surface area (Å²) in [5.74, 6) is 0.276. The maximum atomic E-state index is 10.7. The van der Waals surface area contributed by atoms with Gasteiger partial charge in [0.2, 0.25) is 6.10 Å². The summed E-state index contributed by atoms with van der Waals surface area (Å²) in [5, 5.41) is 22.6. The van der Waals surface area contributed by atoms with Crippen molar-refractivity contribution < 1.29 is 24.6 Å². The lowest BCUT2D eigenvalue weighted by molar-refractivity contribution is -0.149. The quantitative estimate of drug-likeness (QED) is 0.374. The molecule has 0 heterocycles. The number of aromatic hydroxyl groups is 1. The zero-order chi connectivity index (χ0) is 21.1. The van der Waals surface area contributed by atoms with Gasteiger partial charge in [0.1, 0.15) is 11.5 Å². The largest absolute Gasteiger partial charge is 0.508 e. The lowest BCUT2D eigenvalue weighted by Crippen LogP contribution is -2.17. The first kappa shape index (κ1) is 22.2. The van der Waals surface area contributed by atoms with Gasteiger partial charge in [0, 0.05) is 5.56 Å². The van der Waals surface area contributed by atoms with Gasteiger partial charge in [0.25, 0.3) is 0 Å². The Hall–Kier alpha value is -2.06. The maximum absolute atomic E-state index is 10.7. The van der Waals surface area contributed by atoms with E-state index in [2.05, 4.69) is 37.0 Å². The fourth-order valence-corrected chi connectivity index (χ4v) is 3.66. The zero-order valence-corrected chi connectivity index (χ0v) is 19.0. The maximum Gasteiger partial charge on any atom is 0.347 e. The van der Waals surface area contributed by atoms with Crippen molar-refractivity contribution in [3.8, 4) is 17.2 Å². The van der Waals surface area contributed by atoms with Gasteiger partial charge < -0.3 is 19.8 Å². The Bertz CT molecular complexity index is 883. The van der Waals surface area contributed by atoms with Crippen LogP contribution in [0.25, 0.3) is 0 Å². The molecule has 0 saturated heterocycles. The first-order valence-electron chi connectivity index (χ1n) is 8.41. The Balaban J connectivity index is 2.24. The lowest BCUT2D eigenvalue weighted by atomic mass is 9.86. The van der Waals surface area contributed by atoms with E-state index in [1.54, 1.807) is 24.3 Å². The van der Waals surface area contributed by atoms with Gasteiger partial charge in [0.05, 0.1) is 15.2 Å². The van der Waals surface area contributed by atoms with E-state index >= 15 is 0 Å². The van der Waals surface area contributed by atoms with Crippen LogP contribution < -0.4 is 4.74 Å². The van der Waals surface area contributed by atoms with Crippen LogP contribution in [0.5, 0.6) is 17.2 Å². The molecule has 0 fully saturated rings. The smallest absolute Gasteiger partial charge is 0.347 e. The van der Waals surface area contributed by atoms with Crippen LogP contribution in [-0.2, 0) is 15.0 Å². The highest BCUT2D eigenvalue weighted by molar-refractivity contribution is 9.11. The molecule has 2 aromatic rings. The molecule has 0 radical (unpaired) electrons. The number of nitrogens with zero attached hydrogens (tertiary/aromatic N) is 1. The minimum absolute atomic E-state index is 0.222. The molecule has 8 heteroatoms. The number of hydrogen-bond acceptors (Lipinski definition) is 5. The fourth-order valence-electron chi connectivity index (χ4n) is 2.28. The van der Waals surface area contributed by atoms with E-state index in [9.17, 15) is 9.90 Å². The summed E-state index contributed by atoms with van der Waals surface area (Å²) < 4.78 is 7.33. The van der Waals surface area contributed by atoms with Gasteiger partial charge >= 0.3 is 5.97 Å². The van der Waals surface area contributed by atoms with Crippen molar-refractivity contribution in [1.82, 2.24) is 0 Å². The molecule has 150 valence electrons. The molecule has 1 unspecified atom stereocenters. The normalized spacial score (nSPS) is 12.8. The molecule has 2 rings (SSSR count). The van der Waals surface area contributed by atoms with Gasteiger partial charge in [0.15, 0.2) is 5.75 Å². The third-order valence-electron chi connectivity index (χ3n) is 3.79. The van der Waals surface area contributed by atoms with Gasteiger partial charge in [-0.3, -0.25) is 0 Å². The summed E-state index contributed by atoms with van der Waals surface area (Å²) in [6.45, 7) is 7.43. The van der Waals surface area contributed by atoms with Crippen molar-refractivity contribution in [3.05, 3.63) is 50.4 Å². The molecule has 2 N–H and O–H groups in total. The molecule has 28 heavy (non-hydrogen) atoms. The van der Waals surface area contributed by atoms with Crippen LogP contribution >= 0.6 is 31.9 Å². The Morgan fingerprint density at radius 3 is 2.32 bits per heavy atom. The third-order valence-corrected chi connectivity index (χ3v) is 4.96. The predicted molar refractivity (Wildman–Crippen MR) is 114 cm³/mol. The van der Waals surface area contributed by atoms with Crippen molar-refractivity contribution in [2.75, 3.05) is 0 Å². The van der Waals surface area contributed by atoms with E-state index < -0.39 is 12.1 Å². The first-order valence-corrected chi connectivity index (χ1v) is 10.00. The first-order chi connectivity index (χ1) is 13.0. The molecule has 1 atom stereocenters. The second-order valence-electron chi connectivity index (χ2n) is 7.17. The number of hydrogen-bond donors (Lipinski definition) is 2. The van der Waals surface area contributed by atoms with Gasteiger partial charge in [-0.25, -0.2) is 4.79 Å². The number of phenols is 1. The van der Waals surface area contributed by atoms with E-state index in [4.69, 9.17) is 14.7 Å². The van der Waals surface area contributed by atoms with E-state index in [0.717, 1.165) is 5.56 Å². The summed E-state index contributed by atoms with van der Waals surface area (Å²) in [6.07, 6.45) is 0.383. The molecule has 0 saturated carbocycles. The number of oxime groups is 1. The highest BCUT2D eigenvalue weighted by Gasteiger charge is 2.19. The van der Waals surface area contributed by atoms with Crippen molar-refractivity contribution in [2.45, 2.75) is 39.2 Å². The number of carboxylic acid groups (broad SMARTS) is 1. The number of ether oxygens (including phenoxy) is 1. The van der Waals surface area contributed by atoms with Crippen LogP contribution in [0.2, 0.25) is 0 Å². The molecule has 2 aromatic carbocycles. The van der Waals surface area contributed by atoms with Crippen LogP contribution in [0.1, 0.15) is 38.8 Å². The number of benzene rings is 2. The fraction of sp³-hybridized carbons (Fsp3) is 0.300. The standard InChI is InChI=1S/C20H21Br2NO5/c1-11(19(25)26)28-23-10-12-7-15(21)18(16(22)8-12)27-13-5-6-17(24)14(9-13)20(2,3)4/h5-11,24H,1-4H3,(H,25,26)/b23-10+. The Labute approximate surface area is 180 Å². The summed E-state index contributed by atoms with van der Waals surface area (Å²) in [5.41, 5.74) is 1.24. The van der Waals surface area contributed by atoms with Crippen molar-refractivity contribution in [2.24, 2.45) is 5.16 Å². The molecule has 0 aliphatic rings. The molecule has 0 aliphatic heterocycles. The minimum Gasteiger partial charge on any atom is -0.508 e. The number of rotatable bonds is 6. The second kappa shape index (κ2) is 8.96. The topological polar surface area (TPSA) is 88.4 Å². The van der Waals surface area contributed by atoms with Crippen LogP contribution in [0.15, 0.2) is 44.4 Å². The molecule has 0 aliphatic carbocycles. The minimum atomic E-state index is -1.09. The monoisotopic (exact) mass is 513 g/mol. The highest BCUT2D eigenvalue weighted by Crippen LogP contribution is 2.40.